The average molecular weight is 260 g/mol. The van der Waals surface area contributed by atoms with E-state index in [4.69, 9.17) is 4.74 Å². The summed E-state index contributed by atoms with van der Waals surface area (Å²) in [5.41, 5.74) is 2.50. The lowest BCUT2D eigenvalue weighted by atomic mass is 9.88. The second kappa shape index (κ2) is 4.95. The van der Waals surface area contributed by atoms with Gasteiger partial charge >= 0.3 is 0 Å². The molecule has 2 atom stereocenters. The molecule has 1 fully saturated rings. The van der Waals surface area contributed by atoms with E-state index in [-0.39, 0.29) is 6.10 Å². The molecule has 3 heteroatoms. The fourth-order valence-corrected chi connectivity index (χ4v) is 3.35. The summed E-state index contributed by atoms with van der Waals surface area (Å²) in [6, 6.07) is 7.04. The van der Waals surface area contributed by atoms with Crippen molar-refractivity contribution in [2.24, 2.45) is 5.92 Å². The lowest BCUT2D eigenvalue weighted by Gasteiger charge is -2.46. The number of para-hydroxylation sites is 1. The molecule has 19 heavy (non-hydrogen) atoms. The van der Waals surface area contributed by atoms with Crippen molar-refractivity contribution in [2.45, 2.75) is 45.8 Å². The van der Waals surface area contributed by atoms with Gasteiger partial charge in [-0.3, -0.25) is 0 Å². The third-order valence-corrected chi connectivity index (χ3v) is 4.28. The number of nitrogens with one attached hydrogen (secondary N) is 1. The number of benzene rings is 1. The summed E-state index contributed by atoms with van der Waals surface area (Å²) >= 11 is 0. The Bertz CT molecular complexity index is 458. The topological polar surface area (TPSA) is 24.5 Å². The summed E-state index contributed by atoms with van der Waals surface area (Å²) in [5.74, 6) is 1.76. The van der Waals surface area contributed by atoms with Gasteiger partial charge in [-0.1, -0.05) is 13.0 Å². The van der Waals surface area contributed by atoms with Gasteiger partial charge < -0.3 is 15.0 Å². The van der Waals surface area contributed by atoms with E-state index in [0.717, 1.165) is 18.2 Å². The van der Waals surface area contributed by atoms with E-state index in [1.165, 1.54) is 30.8 Å². The summed E-state index contributed by atoms with van der Waals surface area (Å²) in [5, 5.41) is 3.60. The minimum Gasteiger partial charge on any atom is -0.489 e. The summed E-state index contributed by atoms with van der Waals surface area (Å²) in [4.78, 5) is 2.58. The number of fused-ring (bicyclic) bond motifs is 3. The van der Waals surface area contributed by atoms with Crippen LogP contribution in [0.3, 0.4) is 0 Å². The number of rotatable bonds is 2. The predicted molar refractivity (Wildman–Crippen MR) is 80.2 cm³/mol. The van der Waals surface area contributed by atoms with Crippen molar-refractivity contribution in [3.05, 3.63) is 18.2 Å². The van der Waals surface area contributed by atoms with E-state index in [1.807, 2.05) is 0 Å². The van der Waals surface area contributed by atoms with Crippen LogP contribution in [0.5, 0.6) is 5.75 Å². The molecule has 0 saturated carbocycles. The Kier molecular flexibility index (Phi) is 3.29. The molecule has 0 spiro atoms. The highest BCUT2D eigenvalue weighted by molar-refractivity contribution is 5.79. The molecule has 1 N–H and O–H groups in total. The van der Waals surface area contributed by atoms with Crippen LogP contribution in [0.15, 0.2) is 18.2 Å². The van der Waals surface area contributed by atoms with E-state index in [1.54, 1.807) is 0 Å². The lowest BCUT2D eigenvalue weighted by molar-refractivity contribution is 0.243. The molecule has 2 aliphatic rings. The number of hydrogen-bond acceptors (Lipinski definition) is 3. The van der Waals surface area contributed by atoms with E-state index in [9.17, 15) is 0 Å². The van der Waals surface area contributed by atoms with E-state index in [0.29, 0.717) is 6.04 Å². The Hall–Kier alpha value is -1.38. The normalized spacial score (nSPS) is 25.6. The first-order chi connectivity index (χ1) is 9.16. The predicted octanol–water partition coefficient (Wildman–Crippen LogP) is 3.50. The quantitative estimate of drug-likeness (QED) is 0.880. The smallest absolute Gasteiger partial charge is 0.144 e. The highest BCUT2D eigenvalue weighted by Crippen LogP contribution is 2.42. The minimum absolute atomic E-state index is 0.214. The van der Waals surface area contributed by atoms with Crippen LogP contribution in [0.4, 0.5) is 11.4 Å². The highest BCUT2D eigenvalue weighted by atomic mass is 16.5. The third kappa shape index (κ3) is 2.26. The first-order valence-electron chi connectivity index (χ1n) is 7.47. The fourth-order valence-electron chi connectivity index (χ4n) is 3.35. The molecule has 1 saturated heterocycles. The van der Waals surface area contributed by atoms with Crippen molar-refractivity contribution in [2.75, 3.05) is 23.3 Å². The Labute approximate surface area is 115 Å². The fraction of sp³-hybridized carbons (Fsp3) is 0.625. The number of hydrogen-bond donors (Lipinski definition) is 1. The molecule has 0 radical (unpaired) electrons. The molecule has 0 amide bonds. The number of nitrogens with zero attached hydrogens (tertiary/aromatic N) is 1. The first kappa shape index (κ1) is 12.6. The van der Waals surface area contributed by atoms with Crippen LogP contribution >= 0.6 is 0 Å². The molecule has 3 rings (SSSR count). The molecule has 3 nitrogen and oxygen atoms in total. The minimum atomic E-state index is 0.214. The third-order valence-electron chi connectivity index (χ3n) is 4.28. The van der Waals surface area contributed by atoms with Gasteiger partial charge in [0.05, 0.1) is 11.8 Å². The van der Waals surface area contributed by atoms with Crippen LogP contribution in [0.1, 0.15) is 33.6 Å². The van der Waals surface area contributed by atoms with Crippen molar-refractivity contribution >= 4 is 11.4 Å². The van der Waals surface area contributed by atoms with Crippen LogP contribution < -0.4 is 15.0 Å². The Morgan fingerprint density at radius 2 is 2.21 bits per heavy atom. The SMILES string of the molecule is CC(C)Oc1cccc2c1NCC1C(C)CCCN21. The van der Waals surface area contributed by atoms with Gasteiger partial charge in [0.1, 0.15) is 11.4 Å². The van der Waals surface area contributed by atoms with Gasteiger partial charge in [0, 0.05) is 19.1 Å². The number of piperidine rings is 1. The first-order valence-corrected chi connectivity index (χ1v) is 7.47. The zero-order chi connectivity index (χ0) is 13.4. The van der Waals surface area contributed by atoms with E-state index in [2.05, 4.69) is 49.2 Å². The zero-order valence-corrected chi connectivity index (χ0v) is 12.1. The van der Waals surface area contributed by atoms with Gasteiger partial charge in [0.2, 0.25) is 0 Å². The molecule has 104 valence electrons. The molecular weight excluding hydrogens is 236 g/mol. The van der Waals surface area contributed by atoms with Crippen LogP contribution in [-0.4, -0.2) is 25.2 Å². The van der Waals surface area contributed by atoms with Crippen LogP contribution in [0, 0.1) is 5.92 Å². The molecule has 2 heterocycles. The second-order valence-corrected chi connectivity index (χ2v) is 6.08. The van der Waals surface area contributed by atoms with E-state index < -0.39 is 0 Å². The van der Waals surface area contributed by atoms with Crippen molar-refractivity contribution < 1.29 is 4.74 Å². The molecule has 2 unspecified atom stereocenters. The zero-order valence-electron chi connectivity index (χ0n) is 12.1. The Morgan fingerprint density at radius 1 is 1.37 bits per heavy atom. The maximum Gasteiger partial charge on any atom is 0.144 e. The Morgan fingerprint density at radius 3 is 3.00 bits per heavy atom. The summed E-state index contributed by atoms with van der Waals surface area (Å²) < 4.78 is 5.93. The highest BCUT2D eigenvalue weighted by Gasteiger charge is 2.33. The molecule has 1 aromatic carbocycles. The summed E-state index contributed by atoms with van der Waals surface area (Å²) in [6.07, 6.45) is 2.86. The van der Waals surface area contributed by atoms with Crippen LogP contribution in [-0.2, 0) is 0 Å². The van der Waals surface area contributed by atoms with Crippen LogP contribution in [0.2, 0.25) is 0 Å². The van der Waals surface area contributed by atoms with E-state index >= 15 is 0 Å². The summed E-state index contributed by atoms with van der Waals surface area (Å²) in [6.45, 7) is 8.74. The van der Waals surface area contributed by atoms with Crippen molar-refractivity contribution in [3.63, 3.8) is 0 Å². The average Bonchev–Trinajstić information content (AvgIpc) is 2.38. The number of ether oxygens (including phenoxy) is 1. The largest absolute Gasteiger partial charge is 0.489 e. The van der Waals surface area contributed by atoms with Gasteiger partial charge in [-0.15, -0.1) is 0 Å². The molecule has 0 bridgehead atoms. The monoisotopic (exact) mass is 260 g/mol. The number of anilines is 2. The second-order valence-electron chi connectivity index (χ2n) is 6.08. The maximum absolute atomic E-state index is 5.93. The van der Waals surface area contributed by atoms with Gasteiger partial charge in [-0.2, -0.15) is 0 Å². The lowest BCUT2D eigenvalue weighted by Crippen LogP contribution is -2.51. The van der Waals surface area contributed by atoms with Crippen molar-refractivity contribution in [1.29, 1.82) is 0 Å². The maximum atomic E-state index is 5.93. The van der Waals surface area contributed by atoms with Crippen LogP contribution in [0.25, 0.3) is 0 Å². The van der Waals surface area contributed by atoms with Crippen molar-refractivity contribution in [3.8, 4) is 5.75 Å². The molecule has 2 aliphatic heterocycles. The van der Waals surface area contributed by atoms with Gasteiger partial charge in [-0.25, -0.2) is 0 Å². The van der Waals surface area contributed by atoms with Gasteiger partial charge in [-0.05, 0) is 44.7 Å². The van der Waals surface area contributed by atoms with Crippen molar-refractivity contribution in [1.82, 2.24) is 0 Å². The molecule has 1 aromatic rings. The van der Waals surface area contributed by atoms with Gasteiger partial charge in [0.15, 0.2) is 0 Å². The Balaban J connectivity index is 1.95. The van der Waals surface area contributed by atoms with Gasteiger partial charge in [0.25, 0.3) is 0 Å². The summed E-state index contributed by atoms with van der Waals surface area (Å²) in [7, 11) is 0. The molecule has 0 aliphatic carbocycles. The molecular formula is C16H24N2O. The standard InChI is InChI=1S/C16H24N2O/c1-11(2)19-15-8-4-7-13-16(15)17-10-14-12(3)6-5-9-18(13)14/h4,7-8,11-12,14,17H,5-6,9-10H2,1-3H3. The molecule has 0 aromatic heterocycles.